The SMILES string of the molecule is O=C(O)COCC#CCC1C(Cl)CCN1c1cc(F)c2c(c1)CCCS2. The summed E-state index contributed by atoms with van der Waals surface area (Å²) in [5, 5.41) is 8.47. The Morgan fingerprint density at radius 2 is 2.31 bits per heavy atom. The maximum Gasteiger partial charge on any atom is 0.329 e. The molecule has 1 aromatic carbocycles. The van der Waals surface area contributed by atoms with Gasteiger partial charge in [-0.15, -0.1) is 23.4 Å². The Morgan fingerprint density at radius 1 is 1.46 bits per heavy atom. The third kappa shape index (κ3) is 4.64. The molecule has 7 heteroatoms. The molecule has 2 aliphatic heterocycles. The van der Waals surface area contributed by atoms with Crippen LogP contribution in [0, 0.1) is 17.7 Å². The normalized spacial score (nSPS) is 21.8. The van der Waals surface area contributed by atoms with Crippen LogP contribution in [-0.4, -0.2) is 48.0 Å². The number of rotatable bonds is 5. The smallest absolute Gasteiger partial charge is 0.329 e. The highest BCUT2D eigenvalue weighted by Gasteiger charge is 2.33. The number of nitrogens with zero attached hydrogens (tertiary/aromatic N) is 1. The standard InChI is InChI=1S/C19H21ClFNO3S/c20-15-6-7-22(17(15)5-1-2-8-25-12-18(23)24)14-10-13-4-3-9-26-19(13)16(21)11-14/h10-11,15,17H,3-9,12H2,(H,23,24). The summed E-state index contributed by atoms with van der Waals surface area (Å²) in [6.07, 6.45) is 3.36. The lowest BCUT2D eigenvalue weighted by molar-refractivity contribution is -0.141. The van der Waals surface area contributed by atoms with E-state index in [1.165, 1.54) is 0 Å². The van der Waals surface area contributed by atoms with Crippen molar-refractivity contribution < 1.29 is 19.0 Å². The van der Waals surface area contributed by atoms with Crippen molar-refractivity contribution in [2.75, 3.05) is 30.4 Å². The monoisotopic (exact) mass is 397 g/mol. The molecule has 0 aromatic heterocycles. The topological polar surface area (TPSA) is 49.8 Å². The average Bonchev–Trinajstić information content (AvgIpc) is 2.98. The van der Waals surface area contributed by atoms with Crippen molar-refractivity contribution in [2.24, 2.45) is 0 Å². The van der Waals surface area contributed by atoms with Gasteiger partial charge in [0.1, 0.15) is 19.0 Å². The van der Waals surface area contributed by atoms with E-state index < -0.39 is 5.97 Å². The number of carboxylic acids is 1. The molecule has 4 nitrogen and oxygen atoms in total. The van der Waals surface area contributed by atoms with Crippen molar-refractivity contribution in [1.29, 1.82) is 0 Å². The second kappa shape index (κ2) is 8.98. The van der Waals surface area contributed by atoms with Gasteiger partial charge in [0.05, 0.1) is 11.4 Å². The Labute approximate surface area is 162 Å². The van der Waals surface area contributed by atoms with Crippen LogP contribution in [0.5, 0.6) is 0 Å². The second-order valence-electron chi connectivity index (χ2n) is 6.38. The zero-order valence-electron chi connectivity index (χ0n) is 14.3. The zero-order chi connectivity index (χ0) is 18.5. The quantitative estimate of drug-likeness (QED) is 0.468. The Balaban J connectivity index is 1.68. The van der Waals surface area contributed by atoms with Gasteiger partial charge in [0.25, 0.3) is 0 Å². The molecule has 2 heterocycles. The number of anilines is 1. The molecular weight excluding hydrogens is 377 g/mol. The summed E-state index contributed by atoms with van der Waals surface area (Å²) in [5.74, 6) is 5.65. The lowest BCUT2D eigenvalue weighted by atomic mass is 10.1. The van der Waals surface area contributed by atoms with E-state index in [9.17, 15) is 9.18 Å². The fourth-order valence-corrected chi connectivity index (χ4v) is 4.73. The van der Waals surface area contributed by atoms with Crippen LogP contribution in [0.25, 0.3) is 0 Å². The lowest BCUT2D eigenvalue weighted by Crippen LogP contribution is -2.33. The molecule has 0 spiro atoms. The predicted molar refractivity (Wildman–Crippen MR) is 102 cm³/mol. The molecule has 26 heavy (non-hydrogen) atoms. The third-order valence-electron chi connectivity index (χ3n) is 4.57. The van der Waals surface area contributed by atoms with Crippen LogP contribution in [0.2, 0.25) is 0 Å². The summed E-state index contributed by atoms with van der Waals surface area (Å²) in [7, 11) is 0. The third-order valence-corrected chi connectivity index (χ3v) is 6.32. The molecule has 140 valence electrons. The maximum absolute atomic E-state index is 14.5. The molecule has 0 aliphatic carbocycles. The van der Waals surface area contributed by atoms with Crippen molar-refractivity contribution in [3.05, 3.63) is 23.5 Å². The summed E-state index contributed by atoms with van der Waals surface area (Å²) in [6.45, 7) is 0.507. The molecule has 2 atom stereocenters. The minimum Gasteiger partial charge on any atom is -0.480 e. The maximum atomic E-state index is 14.5. The molecule has 3 rings (SSSR count). The van der Waals surface area contributed by atoms with Crippen molar-refractivity contribution >= 4 is 35.0 Å². The summed E-state index contributed by atoms with van der Waals surface area (Å²) < 4.78 is 19.4. The highest BCUT2D eigenvalue weighted by molar-refractivity contribution is 7.99. The fourth-order valence-electron chi connectivity index (χ4n) is 3.38. The Kier molecular flexibility index (Phi) is 6.68. The number of fused-ring (bicyclic) bond motifs is 1. The van der Waals surface area contributed by atoms with E-state index in [0.29, 0.717) is 6.42 Å². The van der Waals surface area contributed by atoms with Gasteiger partial charge in [-0.05, 0) is 42.7 Å². The predicted octanol–water partition coefficient (Wildman–Crippen LogP) is 3.54. The number of alkyl halides is 1. The summed E-state index contributed by atoms with van der Waals surface area (Å²) in [6, 6.07) is 3.72. The van der Waals surface area contributed by atoms with E-state index in [1.54, 1.807) is 17.8 Å². The number of carbonyl (C=O) groups is 1. The van der Waals surface area contributed by atoms with Crippen LogP contribution >= 0.6 is 23.4 Å². The number of ether oxygens (including phenoxy) is 1. The molecule has 0 saturated carbocycles. The summed E-state index contributed by atoms with van der Waals surface area (Å²) in [4.78, 5) is 13.3. The molecule has 2 unspecified atom stereocenters. The first kappa shape index (κ1) is 19.3. The Hall–Kier alpha value is -1.42. The number of hydrogen-bond donors (Lipinski definition) is 1. The van der Waals surface area contributed by atoms with E-state index in [-0.39, 0.29) is 30.4 Å². The molecular formula is C19H21ClFNO3S. The molecule has 0 radical (unpaired) electrons. The Bertz CT molecular complexity index is 733. The van der Waals surface area contributed by atoms with Gasteiger partial charge in [0.15, 0.2) is 0 Å². The van der Waals surface area contributed by atoms with Crippen molar-refractivity contribution in [2.45, 2.75) is 42.0 Å². The molecule has 0 amide bonds. The summed E-state index contributed by atoms with van der Waals surface area (Å²) in [5.41, 5.74) is 1.96. The number of thioether (sulfide) groups is 1. The fraction of sp³-hybridized carbons (Fsp3) is 0.526. The number of aryl methyl sites for hydroxylation is 1. The molecule has 1 aromatic rings. The second-order valence-corrected chi connectivity index (χ2v) is 8.04. The number of halogens is 2. The number of benzene rings is 1. The van der Waals surface area contributed by atoms with Crippen LogP contribution < -0.4 is 4.90 Å². The van der Waals surface area contributed by atoms with E-state index in [0.717, 1.165) is 47.7 Å². The van der Waals surface area contributed by atoms with Crippen LogP contribution in [-0.2, 0) is 16.0 Å². The highest BCUT2D eigenvalue weighted by Crippen LogP contribution is 2.38. The molecule has 1 N–H and O–H groups in total. The van der Waals surface area contributed by atoms with Gasteiger partial charge in [-0.1, -0.05) is 11.8 Å². The minimum absolute atomic E-state index is 0.0114. The van der Waals surface area contributed by atoms with Gasteiger partial charge in [0, 0.05) is 23.5 Å². The van der Waals surface area contributed by atoms with E-state index >= 15 is 0 Å². The lowest BCUT2D eigenvalue weighted by Gasteiger charge is -2.28. The van der Waals surface area contributed by atoms with Crippen molar-refractivity contribution in [3.8, 4) is 11.8 Å². The van der Waals surface area contributed by atoms with Gasteiger partial charge < -0.3 is 14.7 Å². The molecule has 1 fully saturated rings. The number of aliphatic carboxylic acids is 1. The average molecular weight is 398 g/mol. The van der Waals surface area contributed by atoms with Crippen LogP contribution in [0.15, 0.2) is 17.0 Å². The van der Waals surface area contributed by atoms with E-state index in [1.807, 2.05) is 0 Å². The summed E-state index contributed by atoms with van der Waals surface area (Å²) >= 11 is 8.07. The minimum atomic E-state index is -1.01. The molecule has 1 saturated heterocycles. The van der Waals surface area contributed by atoms with E-state index in [2.05, 4.69) is 22.8 Å². The van der Waals surface area contributed by atoms with Gasteiger partial charge in [-0.2, -0.15) is 0 Å². The Morgan fingerprint density at radius 3 is 3.12 bits per heavy atom. The first-order valence-corrected chi connectivity index (χ1v) is 10.1. The molecule has 0 bridgehead atoms. The number of hydrogen-bond acceptors (Lipinski definition) is 4. The van der Waals surface area contributed by atoms with Crippen molar-refractivity contribution in [1.82, 2.24) is 0 Å². The van der Waals surface area contributed by atoms with Crippen molar-refractivity contribution in [3.63, 3.8) is 0 Å². The number of carboxylic acid groups (broad SMARTS) is 1. The van der Waals surface area contributed by atoms with Gasteiger partial charge in [0.2, 0.25) is 0 Å². The van der Waals surface area contributed by atoms with Crippen LogP contribution in [0.3, 0.4) is 0 Å². The van der Waals surface area contributed by atoms with E-state index in [4.69, 9.17) is 21.4 Å². The van der Waals surface area contributed by atoms with Crippen LogP contribution in [0.4, 0.5) is 10.1 Å². The zero-order valence-corrected chi connectivity index (χ0v) is 15.9. The highest BCUT2D eigenvalue weighted by atomic mass is 35.5. The van der Waals surface area contributed by atoms with Gasteiger partial charge in [-0.3, -0.25) is 0 Å². The molecule has 2 aliphatic rings. The van der Waals surface area contributed by atoms with Gasteiger partial charge >= 0.3 is 5.97 Å². The van der Waals surface area contributed by atoms with Gasteiger partial charge in [-0.25, -0.2) is 9.18 Å². The van der Waals surface area contributed by atoms with Crippen LogP contribution in [0.1, 0.15) is 24.8 Å². The first-order chi connectivity index (χ1) is 12.6. The first-order valence-electron chi connectivity index (χ1n) is 8.67. The largest absolute Gasteiger partial charge is 0.480 e.